The summed E-state index contributed by atoms with van der Waals surface area (Å²) in [6, 6.07) is 3.31. The zero-order valence-corrected chi connectivity index (χ0v) is 13.0. The zero-order valence-electron chi connectivity index (χ0n) is 12.2. The number of hydrogen-bond acceptors (Lipinski definition) is 7. The third-order valence-electron chi connectivity index (χ3n) is 2.55. The molecule has 0 unspecified atom stereocenters. The summed E-state index contributed by atoms with van der Waals surface area (Å²) in [5, 5.41) is 11.8. The van der Waals surface area contributed by atoms with Crippen LogP contribution in [0, 0.1) is 10.1 Å². The van der Waals surface area contributed by atoms with Crippen molar-refractivity contribution in [3.8, 4) is 0 Å². The summed E-state index contributed by atoms with van der Waals surface area (Å²) in [4.78, 5) is 34.9. The third kappa shape index (κ3) is 6.35. The van der Waals surface area contributed by atoms with Gasteiger partial charge in [0.05, 0.1) is 11.9 Å². The van der Waals surface area contributed by atoms with Gasteiger partial charge in [0.2, 0.25) is 0 Å². The Morgan fingerprint density at radius 1 is 1.64 bits per heavy atom. The lowest BCUT2D eigenvalue weighted by atomic mass is 10.3. The van der Waals surface area contributed by atoms with Crippen LogP contribution in [0.4, 0.5) is 0 Å². The largest absolute Gasteiger partial charge is 0.314 e. The number of aromatic nitrogens is 1. The molecule has 0 aliphatic heterocycles. The maximum absolute atomic E-state index is 11.8. The van der Waals surface area contributed by atoms with Crippen LogP contribution in [0.2, 0.25) is 0 Å². The maximum atomic E-state index is 11.8. The highest BCUT2D eigenvalue weighted by atomic mass is 32.2. The van der Waals surface area contributed by atoms with Crippen molar-refractivity contribution in [3.05, 3.63) is 50.8 Å². The first-order valence-electron chi connectivity index (χ1n) is 6.29. The molecule has 0 aliphatic carbocycles. The minimum atomic E-state index is -0.829. The molecule has 0 saturated heterocycles. The van der Waals surface area contributed by atoms with Crippen LogP contribution < -0.4 is 5.32 Å². The van der Waals surface area contributed by atoms with Gasteiger partial charge < -0.3 is 10.2 Å². The van der Waals surface area contributed by atoms with Crippen molar-refractivity contribution in [1.82, 2.24) is 10.3 Å². The van der Waals surface area contributed by atoms with Gasteiger partial charge in [-0.1, -0.05) is 0 Å². The predicted octanol–water partition coefficient (Wildman–Crippen LogP) is 2.03. The van der Waals surface area contributed by atoms with E-state index in [0.717, 1.165) is 4.91 Å². The van der Waals surface area contributed by atoms with E-state index in [-0.39, 0.29) is 12.5 Å². The van der Waals surface area contributed by atoms with Gasteiger partial charge in [0.25, 0.3) is 11.0 Å². The standard InChI is InChI=1S/C13H16N4O4S/c1-10(12(22-2)5-7-21-17(19)20)15-9-16-13(18)11-4-3-6-14-8-11/h3-4,6,8-9H,5,7H2,1-2H3,(H,15,16,18)/b12-10-. The number of nitrogens with zero attached hydrogens (tertiary/aromatic N) is 3. The molecule has 1 amide bonds. The molecule has 1 aromatic heterocycles. The molecule has 22 heavy (non-hydrogen) atoms. The molecule has 0 atom stereocenters. The highest BCUT2D eigenvalue weighted by molar-refractivity contribution is 8.02. The Bertz CT molecular complexity index is 575. The number of carbonyl (C=O) groups is 1. The molecule has 118 valence electrons. The molecule has 8 nitrogen and oxygen atoms in total. The van der Waals surface area contributed by atoms with Crippen molar-refractivity contribution in [2.45, 2.75) is 13.3 Å². The molecule has 0 aromatic carbocycles. The van der Waals surface area contributed by atoms with Gasteiger partial charge in [0.15, 0.2) is 0 Å². The molecule has 0 aliphatic rings. The first-order valence-corrected chi connectivity index (χ1v) is 7.51. The monoisotopic (exact) mass is 324 g/mol. The van der Waals surface area contributed by atoms with Gasteiger partial charge in [-0.2, -0.15) is 0 Å². The molecule has 1 heterocycles. The Morgan fingerprint density at radius 2 is 2.41 bits per heavy atom. The molecule has 0 spiro atoms. The van der Waals surface area contributed by atoms with E-state index in [0.29, 0.717) is 17.7 Å². The summed E-state index contributed by atoms with van der Waals surface area (Å²) in [7, 11) is 0. The molecule has 9 heteroatoms. The van der Waals surface area contributed by atoms with E-state index < -0.39 is 5.09 Å². The molecular weight excluding hydrogens is 308 g/mol. The molecule has 0 radical (unpaired) electrons. The minimum Gasteiger partial charge on any atom is -0.314 e. The van der Waals surface area contributed by atoms with Gasteiger partial charge in [-0.05, 0) is 25.3 Å². The Labute approximate surface area is 131 Å². The van der Waals surface area contributed by atoms with E-state index in [2.05, 4.69) is 20.1 Å². The smallest absolute Gasteiger partial charge is 0.294 e. The second-order valence-corrected chi connectivity index (χ2v) is 4.89. The second-order valence-electron chi connectivity index (χ2n) is 3.99. The summed E-state index contributed by atoms with van der Waals surface area (Å²) >= 11 is 1.43. The Morgan fingerprint density at radius 3 is 3.00 bits per heavy atom. The lowest BCUT2D eigenvalue weighted by Crippen LogP contribution is -2.21. The van der Waals surface area contributed by atoms with Crippen LogP contribution in [-0.4, -0.2) is 35.2 Å². The highest BCUT2D eigenvalue weighted by Gasteiger charge is 2.04. The normalized spacial score (nSPS) is 11.9. The Kier molecular flexibility index (Phi) is 7.62. The number of carbonyl (C=O) groups excluding carboxylic acids is 1. The van der Waals surface area contributed by atoms with Crippen molar-refractivity contribution in [3.63, 3.8) is 0 Å². The van der Waals surface area contributed by atoms with Crippen LogP contribution in [0.15, 0.2) is 40.1 Å². The van der Waals surface area contributed by atoms with Crippen LogP contribution in [0.3, 0.4) is 0 Å². The van der Waals surface area contributed by atoms with Gasteiger partial charge in [-0.25, -0.2) is 4.99 Å². The average molecular weight is 324 g/mol. The fraction of sp³-hybridized carbons (Fsp3) is 0.308. The first-order chi connectivity index (χ1) is 10.5. The Hall–Kier alpha value is -2.42. The van der Waals surface area contributed by atoms with Gasteiger partial charge >= 0.3 is 0 Å². The number of thioether (sulfide) groups is 1. The number of nitrogens with one attached hydrogen (secondary N) is 1. The molecule has 0 bridgehead atoms. The number of hydrogen-bond donors (Lipinski definition) is 1. The van der Waals surface area contributed by atoms with Gasteiger partial charge in [-0.3, -0.25) is 9.78 Å². The SMILES string of the molecule is CS/C(CCO[N+](=O)[O-])=C(/C)N=CNC(=O)c1cccnc1. The molecule has 0 saturated carbocycles. The Balaban J connectivity index is 2.56. The van der Waals surface area contributed by atoms with Crippen LogP contribution in [0.1, 0.15) is 23.7 Å². The lowest BCUT2D eigenvalue weighted by Gasteiger charge is -2.05. The van der Waals surface area contributed by atoms with Crippen LogP contribution in [0.5, 0.6) is 0 Å². The van der Waals surface area contributed by atoms with Crippen molar-refractivity contribution < 1.29 is 14.7 Å². The zero-order chi connectivity index (χ0) is 16.4. The summed E-state index contributed by atoms with van der Waals surface area (Å²) < 4.78 is 0. The van der Waals surface area contributed by atoms with Crippen LogP contribution in [-0.2, 0) is 4.84 Å². The highest BCUT2D eigenvalue weighted by Crippen LogP contribution is 2.21. The van der Waals surface area contributed by atoms with Gasteiger partial charge in [-0.15, -0.1) is 21.9 Å². The predicted molar refractivity (Wildman–Crippen MR) is 84.0 cm³/mol. The van der Waals surface area contributed by atoms with Crippen molar-refractivity contribution in [2.75, 3.05) is 12.9 Å². The molecule has 0 fully saturated rings. The quantitative estimate of drug-likeness (QED) is 0.339. The van der Waals surface area contributed by atoms with E-state index in [1.54, 1.807) is 25.3 Å². The third-order valence-corrected chi connectivity index (χ3v) is 3.55. The molecular formula is C13H16N4O4S. The summed E-state index contributed by atoms with van der Waals surface area (Å²) in [5.74, 6) is -0.313. The maximum Gasteiger partial charge on any atom is 0.294 e. The number of rotatable bonds is 8. The first kappa shape index (κ1) is 17.6. The summed E-state index contributed by atoms with van der Waals surface area (Å²) in [5.41, 5.74) is 1.09. The number of aliphatic imine (C=N–C) groups is 1. The van der Waals surface area contributed by atoms with E-state index in [4.69, 9.17) is 0 Å². The second kappa shape index (κ2) is 9.50. The molecule has 1 rings (SSSR count). The van der Waals surface area contributed by atoms with Crippen molar-refractivity contribution in [2.24, 2.45) is 4.99 Å². The number of amides is 1. The van der Waals surface area contributed by atoms with E-state index >= 15 is 0 Å². The van der Waals surface area contributed by atoms with Gasteiger partial charge in [0, 0.05) is 29.4 Å². The van der Waals surface area contributed by atoms with E-state index in [9.17, 15) is 14.9 Å². The van der Waals surface area contributed by atoms with E-state index in [1.165, 1.54) is 24.3 Å². The molecule has 1 aromatic rings. The van der Waals surface area contributed by atoms with Crippen LogP contribution in [0.25, 0.3) is 0 Å². The fourth-order valence-corrected chi connectivity index (χ4v) is 2.12. The summed E-state index contributed by atoms with van der Waals surface area (Å²) in [6.45, 7) is 1.72. The molecule has 1 N–H and O–H groups in total. The number of pyridine rings is 1. The fourth-order valence-electron chi connectivity index (χ4n) is 1.48. The number of allylic oxidation sites excluding steroid dienone is 1. The van der Waals surface area contributed by atoms with Gasteiger partial charge in [0.1, 0.15) is 6.61 Å². The van der Waals surface area contributed by atoms with Crippen LogP contribution >= 0.6 is 11.8 Å². The summed E-state index contributed by atoms with van der Waals surface area (Å²) in [6.07, 6.45) is 6.54. The minimum absolute atomic E-state index is 0.0297. The van der Waals surface area contributed by atoms with Crippen molar-refractivity contribution >= 4 is 24.0 Å². The average Bonchev–Trinajstić information content (AvgIpc) is 2.52. The van der Waals surface area contributed by atoms with Crippen molar-refractivity contribution in [1.29, 1.82) is 0 Å². The van der Waals surface area contributed by atoms with E-state index in [1.807, 2.05) is 6.26 Å². The lowest BCUT2D eigenvalue weighted by molar-refractivity contribution is -0.757. The topological polar surface area (TPSA) is 107 Å².